The molecule has 0 aliphatic heterocycles. The van der Waals surface area contributed by atoms with Gasteiger partial charge in [-0.15, -0.1) is 0 Å². The first-order valence-electron chi connectivity index (χ1n) is 4.81. The molecule has 2 heterocycles. The Bertz CT molecular complexity index is 316. The van der Waals surface area contributed by atoms with Gasteiger partial charge in [0.2, 0.25) is 0 Å². The highest BCUT2D eigenvalue weighted by atomic mass is 15.3. The van der Waals surface area contributed by atoms with E-state index in [0.29, 0.717) is 0 Å². The van der Waals surface area contributed by atoms with Crippen LogP contribution in [0.5, 0.6) is 0 Å². The third-order valence-corrected chi connectivity index (χ3v) is 1.97. The number of hydrogen-bond donors (Lipinski definition) is 1. The van der Waals surface area contributed by atoms with Gasteiger partial charge in [-0.2, -0.15) is 10.2 Å². The van der Waals surface area contributed by atoms with Crippen molar-refractivity contribution in [2.45, 2.75) is 13.1 Å². The fourth-order valence-corrected chi connectivity index (χ4v) is 1.21. The monoisotopic (exact) mass is 207 g/mol. The molecule has 15 heavy (non-hydrogen) atoms. The van der Waals surface area contributed by atoms with Gasteiger partial charge in [0.15, 0.2) is 0 Å². The SMILES string of the molecule is c1ncn(CCNCCn2cncn2)n1. The van der Waals surface area contributed by atoms with Crippen LogP contribution in [0, 0.1) is 0 Å². The summed E-state index contributed by atoms with van der Waals surface area (Å²) in [6.07, 6.45) is 6.49. The fraction of sp³-hybridized carbons (Fsp3) is 0.500. The molecule has 1 N–H and O–H groups in total. The van der Waals surface area contributed by atoms with E-state index in [1.165, 1.54) is 12.7 Å². The Morgan fingerprint density at radius 3 is 1.80 bits per heavy atom. The molecule has 0 saturated heterocycles. The van der Waals surface area contributed by atoms with Gasteiger partial charge in [0.05, 0.1) is 13.1 Å². The maximum Gasteiger partial charge on any atom is 0.137 e. The second-order valence-electron chi connectivity index (χ2n) is 3.07. The van der Waals surface area contributed by atoms with Gasteiger partial charge >= 0.3 is 0 Å². The summed E-state index contributed by atoms with van der Waals surface area (Å²) in [7, 11) is 0. The number of nitrogens with one attached hydrogen (secondary N) is 1. The molecule has 0 saturated carbocycles. The van der Waals surface area contributed by atoms with Crippen LogP contribution in [0.2, 0.25) is 0 Å². The van der Waals surface area contributed by atoms with Crippen LogP contribution in [0.3, 0.4) is 0 Å². The summed E-state index contributed by atoms with van der Waals surface area (Å²) in [6.45, 7) is 3.41. The van der Waals surface area contributed by atoms with E-state index in [-0.39, 0.29) is 0 Å². The van der Waals surface area contributed by atoms with Crippen LogP contribution >= 0.6 is 0 Å². The minimum absolute atomic E-state index is 0.831. The highest BCUT2D eigenvalue weighted by Crippen LogP contribution is 1.80. The lowest BCUT2D eigenvalue weighted by atomic mass is 10.5. The van der Waals surface area contributed by atoms with E-state index >= 15 is 0 Å². The fourth-order valence-electron chi connectivity index (χ4n) is 1.21. The molecule has 7 nitrogen and oxygen atoms in total. The molecular weight excluding hydrogens is 194 g/mol. The molecule has 0 bridgehead atoms. The molecule has 0 fully saturated rings. The molecule has 2 aromatic rings. The van der Waals surface area contributed by atoms with E-state index < -0.39 is 0 Å². The average Bonchev–Trinajstić information content (AvgIpc) is 2.88. The Morgan fingerprint density at radius 1 is 0.867 bits per heavy atom. The molecular formula is C8H13N7. The third kappa shape index (κ3) is 3.13. The normalized spacial score (nSPS) is 10.7. The summed E-state index contributed by atoms with van der Waals surface area (Å²) < 4.78 is 3.59. The number of aromatic nitrogens is 6. The Hall–Kier alpha value is -1.76. The van der Waals surface area contributed by atoms with Gasteiger partial charge in [-0.1, -0.05) is 0 Å². The number of nitrogens with zero attached hydrogens (tertiary/aromatic N) is 6. The first kappa shape index (κ1) is 9.78. The zero-order chi connectivity index (χ0) is 10.3. The zero-order valence-corrected chi connectivity index (χ0v) is 8.32. The van der Waals surface area contributed by atoms with E-state index in [0.717, 1.165) is 26.2 Å². The van der Waals surface area contributed by atoms with Gasteiger partial charge in [-0.3, -0.25) is 9.36 Å². The molecule has 2 aromatic heterocycles. The lowest BCUT2D eigenvalue weighted by Crippen LogP contribution is -2.24. The van der Waals surface area contributed by atoms with Gasteiger partial charge in [-0.25, -0.2) is 9.97 Å². The largest absolute Gasteiger partial charge is 0.313 e. The quantitative estimate of drug-likeness (QED) is 0.625. The Balaban J connectivity index is 1.56. The van der Waals surface area contributed by atoms with Crippen molar-refractivity contribution in [3.05, 3.63) is 25.3 Å². The minimum atomic E-state index is 0.831. The van der Waals surface area contributed by atoms with E-state index in [1.54, 1.807) is 22.0 Å². The first-order valence-corrected chi connectivity index (χ1v) is 4.81. The lowest BCUT2D eigenvalue weighted by Gasteiger charge is -2.04. The Morgan fingerprint density at radius 2 is 1.40 bits per heavy atom. The average molecular weight is 207 g/mol. The summed E-state index contributed by atoms with van der Waals surface area (Å²) in [4.78, 5) is 7.73. The molecule has 0 aromatic carbocycles. The lowest BCUT2D eigenvalue weighted by molar-refractivity contribution is 0.513. The van der Waals surface area contributed by atoms with E-state index in [2.05, 4.69) is 25.5 Å². The maximum absolute atomic E-state index is 4.00. The van der Waals surface area contributed by atoms with E-state index in [4.69, 9.17) is 0 Å². The summed E-state index contributed by atoms with van der Waals surface area (Å²) >= 11 is 0. The predicted octanol–water partition coefficient (Wildman–Crippen LogP) is -0.841. The van der Waals surface area contributed by atoms with Crippen LogP contribution in [0.1, 0.15) is 0 Å². The highest BCUT2D eigenvalue weighted by molar-refractivity contribution is 4.59. The first-order chi connectivity index (χ1) is 7.45. The molecule has 0 radical (unpaired) electrons. The maximum atomic E-state index is 4.00. The van der Waals surface area contributed by atoms with Crippen molar-refractivity contribution in [2.24, 2.45) is 0 Å². The third-order valence-electron chi connectivity index (χ3n) is 1.97. The van der Waals surface area contributed by atoms with Crippen molar-refractivity contribution in [1.82, 2.24) is 34.8 Å². The van der Waals surface area contributed by atoms with Crippen LogP contribution in [0.15, 0.2) is 25.3 Å². The molecule has 0 unspecified atom stereocenters. The van der Waals surface area contributed by atoms with Gasteiger partial charge in [0.1, 0.15) is 25.3 Å². The Kier molecular flexibility index (Phi) is 3.39. The van der Waals surface area contributed by atoms with Crippen LogP contribution in [-0.2, 0) is 13.1 Å². The molecule has 0 amide bonds. The van der Waals surface area contributed by atoms with Crippen LogP contribution < -0.4 is 5.32 Å². The van der Waals surface area contributed by atoms with Crippen molar-refractivity contribution < 1.29 is 0 Å². The van der Waals surface area contributed by atoms with Crippen molar-refractivity contribution in [3.8, 4) is 0 Å². The summed E-state index contributed by atoms with van der Waals surface area (Å²) in [6, 6.07) is 0. The van der Waals surface area contributed by atoms with Crippen molar-refractivity contribution >= 4 is 0 Å². The van der Waals surface area contributed by atoms with Crippen LogP contribution in [-0.4, -0.2) is 42.6 Å². The smallest absolute Gasteiger partial charge is 0.137 e. The minimum Gasteiger partial charge on any atom is -0.313 e. The van der Waals surface area contributed by atoms with Gasteiger partial charge in [-0.05, 0) is 0 Å². The molecule has 0 aliphatic rings. The van der Waals surface area contributed by atoms with Gasteiger partial charge < -0.3 is 5.32 Å². The molecule has 7 heteroatoms. The predicted molar refractivity (Wildman–Crippen MR) is 52.9 cm³/mol. The molecule has 80 valence electrons. The van der Waals surface area contributed by atoms with Gasteiger partial charge in [0, 0.05) is 13.1 Å². The van der Waals surface area contributed by atoms with Crippen molar-refractivity contribution in [3.63, 3.8) is 0 Å². The zero-order valence-electron chi connectivity index (χ0n) is 8.32. The summed E-state index contributed by atoms with van der Waals surface area (Å²) in [5.41, 5.74) is 0. The molecule has 0 atom stereocenters. The summed E-state index contributed by atoms with van der Waals surface area (Å²) in [5.74, 6) is 0. The van der Waals surface area contributed by atoms with Crippen molar-refractivity contribution in [1.29, 1.82) is 0 Å². The Labute approximate surface area is 87.2 Å². The summed E-state index contributed by atoms with van der Waals surface area (Å²) in [5, 5.41) is 11.3. The van der Waals surface area contributed by atoms with E-state index in [1.807, 2.05) is 0 Å². The highest BCUT2D eigenvalue weighted by Gasteiger charge is 1.92. The molecule has 0 spiro atoms. The van der Waals surface area contributed by atoms with Crippen LogP contribution in [0.25, 0.3) is 0 Å². The number of hydrogen-bond acceptors (Lipinski definition) is 5. The number of rotatable bonds is 6. The topological polar surface area (TPSA) is 73.5 Å². The van der Waals surface area contributed by atoms with Crippen molar-refractivity contribution in [2.75, 3.05) is 13.1 Å². The molecule has 2 rings (SSSR count). The molecule has 0 aliphatic carbocycles. The second-order valence-corrected chi connectivity index (χ2v) is 3.07. The van der Waals surface area contributed by atoms with E-state index in [9.17, 15) is 0 Å². The second kappa shape index (κ2) is 5.20. The van der Waals surface area contributed by atoms with Gasteiger partial charge in [0.25, 0.3) is 0 Å². The van der Waals surface area contributed by atoms with Crippen LogP contribution in [0.4, 0.5) is 0 Å². The standard InChI is InChI=1S/C8H13N7/c1(3-14-7-10-5-12-14)9-2-4-15-8-11-6-13-15/h5-9H,1-4H2.